The van der Waals surface area contributed by atoms with Crippen molar-refractivity contribution < 1.29 is 19.4 Å². The van der Waals surface area contributed by atoms with E-state index in [1.54, 1.807) is 6.07 Å². The van der Waals surface area contributed by atoms with Gasteiger partial charge < -0.3 is 15.6 Å². The Morgan fingerprint density at radius 1 is 1.35 bits per heavy atom. The van der Waals surface area contributed by atoms with Crippen LogP contribution in [0.1, 0.15) is 41.3 Å². The first-order valence-corrected chi connectivity index (χ1v) is 5.18. The van der Waals surface area contributed by atoms with Crippen LogP contribution < -0.4 is 10.5 Å². The topological polar surface area (TPSA) is 89.6 Å². The standard InChI is InChI=1S/C12H15NO4/c1-6(2)9-7(3)4-5-8(11(14)15)10(9)17-12(13)16/h4-6H,1-3H3,(H2,13,16)(H,14,15). The third kappa shape index (κ3) is 2.75. The Kier molecular flexibility index (Phi) is 3.73. The van der Waals surface area contributed by atoms with Gasteiger partial charge in [-0.05, 0) is 24.5 Å². The highest BCUT2D eigenvalue weighted by atomic mass is 16.5. The number of carboxylic acid groups (broad SMARTS) is 1. The van der Waals surface area contributed by atoms with Crippen LogP contribution in [0.25, 0.3) is 0 Å². The van der Waals surface area contributed by atoms with E-state index >= 15 is 0 Å². The number of hydrogen-bond acceptors (Lipinski definition) is 3. The Balaban J connectivity index is 3.49. The van der Waals surface area contributed by atoms with Crippen molar-refractivity contribution in [3.63, 3.8) is 0 Å². The lowest BCUT2D eigenvalue weighted by atomic mass is 9.94. The molecule has 0 saturated carbocycles. The molecule has 0 bridgehead atoms. The van der Waals surface area contributed by atoms with Gasteiger partial charge in [0, 0.05) is 5.56 Å². The zero-order valence-electron chi connectivity index (χ0n) is 9.98. The predicted octanol–water partition coefficient (Wildman–Crippen LogP) is 2.27. The van der Waals surface area contributed by atoms with Gasteiger partial charge in [-0.15, -0.1) is 0 Å². The molecular formula is C12H15NO4. The summed E-state index contributed by atoms with van der Waals surface area (Å²) in [5, 5.41) is 9.04. The van der Waals surface area contributed by atoms with Crippen LogP contribution in [0.2, 0.25) is 0 Å². The fraction of sp³-hybridized carbons (Fsp3) is 0.333. The van der Waals surface area contributed by atoms with Crippen LogP contribution in [0.5, 0.6) is 5.75 Å². The summed E-state index contributed by atoms with van der Waals surface area (Å²) in [5.41, 5.74) is 6.45. The maximum Gasteiger partial charge on any atom is 0.409 e. The molecule has 5 nitrogen and oxygen atoms in total. The van der Waals surface area contributed by atoms with Crippen LogP contribution in [-0.2, 0) is 0 Å². The van der Waals surface area contributed by atoms with Crippen LogP contribution in [0.15, 0.2) is 12.1 Å². The number of carbonyl (C=O) groups excluding carboxylic acids is 1. The molecule has 0 aliphatic heterocycles. The van der Waals surface area contributed by atoms with E-state index in [2.05, 4.69) is 0 Å². The summed E-state index contributed by atoms with van der Waals surface area (Å²) in [6.07, 6.45) is -1.01. The lowest BCUT2D eigenvalue weighted by molar-refractivity contribution is 0.0694. The molecule has 0 fully saturated rings. The molecule has 1 rings (SSSR count). The van der Waals surface area contributed by atoms with Crippen molar-refractivity contribution in [2.24, 2.45) is 5.73 Å². The molecule has 17 heavy (non-hydrogen) atoms. The van der Waals surface area contributed by atoms with Gasteiger partial charge in [0.25, 0.3) is 0 Å². The number of aromatic carboxylic acids is 1. The SMILES string of the molecule is Cc1ccc(C(=O)O)c(OC(N)=O)c1C(C)C. The molecule has 0 radical (unpaired) electrons. The minimum atomic E-state index is -1.15. The van der Waals surface area contributed by atoms with E-state index in [-0.39, 0.29) is 17.2 Å². The third-order valence-corrected chi connectivity index (χ3v) is 2.42. The first-order valence-electron chi connectivity index (χ1n) is 5.18. The molecule has 0 spiro atoms. The highest BCUT2D eigenvalue weighted by Crippen LogP contribution is 2.33. The first kappa shape index (κ1) is 13.0. The molecule has 0 heterocycles. The minimum absolute atomic E-state index is 0.0312. The zero-order valence-corrected chi connectivity index (χ0v) is 9.98. The summed E-state index contributed by atoms with van der Waals surface area (Å²) in [5.74, 6) is -1.08. The molecular weight excluding hydrogens is 222 g/mol. The third-order valence-electron chi connectivity index (χ3n) is 2.42. The van der Waals surface area contributed by atoms with E-state index < -0.39 is 12.1 Å². The highest BCUT2D eigenvalue weighted by molar-refractivity contribution is 5.92. The van der Waals surface area contributed by atoms with E-state index in [1.165, 1.54) is 6.07 Å². The van der Waals surface area contributed by atoms with Gasteiger partial charge in [-0.2, -0.15) is 0 Å². The largest absolute Gasteiger partial charge is 0.478 e. The van der Waals surface area contributed by atoms with E-state index in [1.807, 2.05) is 20.8 Å². The average molecular weight is 237 g/mol. The van der Waals surface area contributed by atoms with Crippen molar-refractivity contribution in [2.45, 2.75) is 26.7 Å². The van der Waals surface area contributed by atoms with Gasteiger partial charge in [-0.3, -0.25) is 0 Å². The van der Waals surface area contributed by atoms with Crippen LogP contribution in [-0.4, -0.2) is 17.2 Å². The number of nitrogens with two attached hydrogens (primary N) is 1. The van der Waals surface area contributed by atoms with Crippen molar-refractivity contribution >= 4 is 12.1 Å². The van der Waals surface area contributed by atoms with Gasteiger partial charge in [0.2, 0.25) is 0 Å². The van der Waals surface area contributed by atoms with Crippen LogP contribution >= 0.6 is 0 Å². The molecule has 0 unspecified atom stereocenters. The lowest BCUT2D eigenvalue weighted by Gasteiger charge is -2.16. The average Bonchev–Trinajstić information content (AvgIpc) is 2.15. The van der Waals surface area contributed by atoms with Gasteiger partial charge >= 0.3 is 12.1 Å². The Morgan fingerprint density at radius 3 is 2.35 bits per heavy atom. The minimum Gasteiger partial charge on any atom is -0.478 e. The summed E-state index contributed by atoms with van der Waals surface area (Å²) in [7, 11) is 0. The number of carbonyl (C=O) groups is 2. The molecule has 1 aromatic rings. The van der Waals surface area contributed by atoms with Crippen LogP contribution in [0.4, 0.5) is 4.79 Å². The van der Waals surface area contributed by atoms with Gasteiger partial charge in [0.15, 0.2) is 5.75 Å². The van der Waals surface area contributed by atoms with E-state index in [0.717, 1.165) is 5.56 Å². The smallest absolute Gasteiger partial charge is 0.409 e. The Morgan fingerprint density at radius 2 is 1.94 bits per heavy atom. The van der Waals surface area contributed by atoms with Crippen molar-refractivity contribution in [1.82, 2.24) is 0 Å². The monoisotopic (exact) mass is 237 g/mol. The molecule has 1 amide bonds. The molecule has 1 aromatic carbocycles. The normalized spacial score (nSPS) is 10.4. The summed E-state index contributed by atoms with van der Waals surface area (Å²) >= 11 is 0. The maximum absolute atomic E-state index is 11.1. The number of aryl methyl sites for hydroxylation is 1. The summed E-state index contributed by atoms with van der Waals surface area (Å²) in [4.78, 5) is 21.9. The number of amides is 1. The van der Waals surface area contributed by atoms with Gasteiger partial charge in [-0.25, -0.2) is 9.59 Å². The van der Waals surface area contributed by atoms with E-state index in [4.69, 9.17) is 15.6 Å². The molecule has 92 valence electrons. The van der Waals surface area contributed by atoms with Crippen molar-refractivity contribution in [2.75, 3.05) is 0 Å². The zero-order chi connectivity index (χ0) is 13.2. The highest BCUT2D eigenvalue weighted by Gasteiger charge is 2.21. The fourth-order valence-electron chi connectivity index (χ4n) is 1.79. The second-order valence-electron chi connectivity index (χ2n) is 4.05. The van der Waals surface area contributed by atoms with Gasteiger partial charge in [0.1, 0.15) is 5.56 Å². The molecule has 0 atom stereocenters. The summed E-state index contributed by atoms with van der Waals surface area (Å²) in [6, 6.07) is 3.09. The lowest BCUT2D eigenvalue weighted by Crippen LogP contribution is -2.19. The van der Waals surface area contributed by atoms with Crippen molar-refractivity contribution in [3.05, 3.63) is 28.8 Å². The van der Waals surface area contributed by atoms with E-state index in [9.17, 15) is 9.59 Å². The second-order valence-corrected chi connectivity index (χ2v) is 4.05. The summed E-state index contributed by atoms with van der Waals surface area (Å²) < 4.78 is 4.84. The number of primary amides is 1. The number of hydrogen-bond donors (Lipinski definition) is 2. The molecule has 0 aliphatic rings. The Hall–Kier alpha value is -2.04. The number of benzene rings is 1. The van der Waals surface area contributed by atoms with E-state index in [0.29, 0.717) is 5.56 Å². The number of carboxylic acids is 1. The Bertz CT molecular complexity index is 466. The molecule has 3 N–H and O–H groups in total. The van der Waals surface area contributed by atoms with Crippen molar-refractivity contribution in [3.8, 4) is 5.75 Å². The first-order chi connectivity index (χ1) is 7.84. The van der Waals surface area contributed by atoms with Crippen LogP contribution in [0, 0.1) is 6.92 Å². The number of ether oxygens (including phenoxy) is 1. The van der Waals surface area contributed by atoms with Crippen molar-refractivity contribution in [1.29, 1.82) is 0 Å². The van der Waals surface area contributed by atoms with Crippen LogP contribution in [0.3, 0.4) is 0 Å². The summed E-state index contributed by atoms with van der Waals surface area (Å²) in [6.45, 7) is 5.61. The second kappa shape index (κ2) is 4.86. The van der Waals surface area contributed by atoms with Gasteiger partial charge in [-0.1, -0.05) is 19.9 Å². The molecule has 0 aromatic heterocycles. The number of rotatable bonds is 3. The molecule has 5 heteroatoms. The fourth-order valence-corrected chi connectivity index (χ4v) is 1.79. The predicted molar refractivity (Wildman–Crippen MR) is 62.4 cm³/mol. The Labute approximate surface area is 99.2 Å². The maximum atomic E-state index is 11.1. The van der Waals surface area contributed by atoms with Gasteiger partial charge in [0.05, 0.1) is 0 Å². The molecule has 0 saturated heterocycles. The quantitative estimate of drug-likeness (QED) is 0.843. The molecule has 0 aliphatic carbocycles.